The van der Waals surface area contributed by atoms with Crippen molar-refractivity contribution in [2.24, 2.45) is 0 Å². The Morgan fingerprint density at radius 2 is 1.96 bits per heavy atom. The smallest absolute Gasteiger partial charge is 0.294 e. The van der Waals surface area contributed by atoms with Gasteiger partial charge in [-0.15, -0.1) is 0 Å². The topological polar surface area (TPSA) is 86.7 Å². The van der Waals surface area contributed by atoms with Crippen molar-refractivity contribution in [1.29, 1.82) is 0 Å². The number of carbonyl (C=O) groups is 3. The molecular formula is C19H14BrIN2O4S. The molecular weight excluding hydrogens is 559 g/mol. The van der Waals surface area contributed by atoms with E-state index in [2.05, 4.69) is 21.2 Å². The molecule has 2 aromatic rings. The van der Waals surface area contributed by atoms with Gasteiger partial charge in [0.05, 0.1) is 8.48 Å². The second-order valence-corrected chi connectivity index (χ2v) is 9.08. The van der Waals surface area contributed by atoms with Crippen molar-refractivity contribution in [3.05, 3.63) is 60.5 Å². The molecule has 1 saturated heterocycles. The summed E-state index contributed by atoms with van der Waals surface area (Å²) in [6, 6.07) is 10.6. The van der Waals surface area contributed by atoms with Gasteiger partial charge >= 0.3 is 0 Å². The minimum Gasteiger partial charge on any atom is -0.506 e. The number of halogens is 2. The molecule has 3 rings (SSSR count). The van der Waals surface area contributed by atoms with Gasteiger partial charge in [-0.1, -0.05) is 33.6 Å². The number of thioether (sulfide) groups is 1. The number of aryl methyl sites for hydroxylation is 1. The van der Waals surface area contributed by atoms with E-state index in [0.717, 1.165) is 26.7 Å². The number of benzene rings is 2. The third-order valence-electron chi connectivity index (χ3n) is 3.85. The first kappa shape index (κ1) is 20.9. The number of anilines is 1. The van der Waals surface area contributed by atoms with E-state index in [1.807, 2.05) is 41.6 Å². The Balaban J connectivity index is 1.74. The van der Waals surface area contributed by atoms with Crippen LogP contribution in [-0.4, -0.2) is 33.6 Å². The summed E-state index contributed by atoms with van der Waals surface area (Å²) >= 11 is 6.05. The van der Waals surface area contributed by atoms with Crippen LogP contribution in [0.3, 0.4) is 0 Å². The van der Waals surface area contributed by atoms with Gasteiger partial charge in [-0.25, -0.2) is 0 Å². The van der Waals surface area contributed by atoms with Crippen molar-refractivity contribution in [1.82, 2.24) is 4.90 Å². The first-order chi connectivity index (χ1) is 13.2. The zero-order valence-electron chi connectivity index (χ0n) is 14.5. The van der Waals surface area contributed by atoms with Crippen LogP contribution in [0.25, 0.3) is 6.08 Å². The van der Waals surface area contributed by atoms with E-state index in [1.54, 1.807) is 24.3 Å². The van der Waals surface area contributed by atoms with Crippen LogP contribution < -0.4 is 5.32 Å². The molecule has 2 aromatic carbocycles. The van der Waals surface area contributed by atoms with E-state index in [0.29, 0.717) is 14.8 Å². The zero-order valence-corrected chi connectivity index (χ0v) is 19.1. The average Bonchev–Trinajstić information content (AvgIpc) is 2.88. The van der Waals surface area contributed by atoms with Gasteiger partial charge in [-0.2, -0.15) is 0 Å². The fraction of sp³-hybridized carbons (Fsp3) is 0.105. The maximum absolute atomic E-state index is 12.6. The first-order valence-corrected chi connectivity index (χ1v) is 10.7. The van der Waals surface area contributed by atoms with Crippen LogP contribution in [-0.2, 0) is 9.59 Å². The van der Waals surface area contributed by atoms with Gasteiger partial charge < -0.3 is 10.4 Å². The van der Waals surface area contributed by atoms with Crippen molar-refractivity contribution in [3.63, 3.8) is 0 Å². The number of rotatable bonds is 4. The van der Waals surface area contributed by atoms with Crippen molar-refractivity contribution in [2.45, 2.75) is 6.92 Å². The molecule has 0 aromatic heterocycles. The molecule has 0 atom stereocenters. The molecule has 9 heteroatoms. The normalized spacial score (nSPS) is 15.4. The number of aromatic hydroxyl groups is 1. The minimum atomic E-state index is -0.566. The molecule has 1 aliphatic heterocycles. The monoisotopic (exact) mass is 572 g/mol. The van der Waals surface area contributed by atoms with Crippen molar-refractivity contribution in [3.8, 4) is 5.75 Å². The van der Waals surface area contributed by atoms with Gasteiger partial charge in [0.1, 0.15) is 12.3 Å². The van der Waals surface area contributed by atoms with Crippen LogP contribution in [0.2, 0.25) is 0 Å². The summed E-state index contributed by atoms with van der Waals surface area (Å²) in [6.07, 6.45) is 1.45. The summed E-state index contributed by atoms with van der Waals surface area (Å²) < 4.78 is 1.34. The Labute approximate surface area is 187 Å². The molecule has 28 heavy (non-hydrogen) atoms. The van der Waals surface area contributed by atoms with Gasteiger partial charge in [0.25, 0.3) is 11.1 Å². The first-order valence-electron chi connectivity index (χ1n) is 8.04. The van der Waals surface area contributed by atoms with Crippen molar-refractivity contribution >= 4 is 79.1 Å². The van der Waals surface area contributed by atoms with E-state index < -0.39 is 17.1 Å². The molecule has 0 unspecified atom stereocenters. The number of phenolic OH excluding ortho intramolecular Hbond substituents is 1. The summed E-state index contributed by atoms with van der Waals surface area (Å²) in [7, 11) is 0. The number of nitrogens with one attached hydrogen (secondary N) is 1. The molecule has 1 fully saturated rings. The van der Waals surface area contributed by atoms with Crippen LogP contribution >= 0.6 is 50.3 Å². The summed E-state index contributed by atoms with van der Waals surface area (Å²) in [5, 5.41) is 12.3. The van der Waals surface area contributed by atoms with E-state index >= 15 is 0 Å². The van der Waals surface area contributed by atoms with E-state index in [4.69, 9.17) is 0 Å². The van der Waals surface area contributed by atoms with Crippen LogP contribution in [0.5, 0.6) is 5.75 Å². The van der Waals surface area contributed by atoms with Crippen LogP contribution in [0.4, 0.5) is 10.5 Å². The lowest BCUT2D eigenvalue weighted by Crippen LogP contribution is -2.36. The molecule has 0 bridgehead atoms. The molecule has 0 radical (unpaired) electrons. The third-order valence-corrected chi connectivity index (χ3v) is 6.04. The number of amides is 3. The second kappa shape index (κ2) is 8.66. The molecule has 144 valence electrons. The maximum Gasteiger partial charge on any atom is 0.294 e. The molecule has 0 aliphatic carbocycles. The fourth-order valence-electron chi connectivity index (χ4n) is 2.45. The Morgan fingerprint density at radius 1 is 1.29 bits per heavy atom. The highest BCUT2D eigenvalue weighted by Crippen LogP contribution is 2.36. The highest BCUT2D eigenvalue weighted by atomic mass is 127. The average molecular weight is 573 g/mol. The zero-order chi connectivity index (χ0) is 20.4. The molecule has 0 spiro atoms. The van der Waals surface area contributed by atoms with E-state index in [-0.39, 0.29) is 17.2 Å². The minimum absolute atomic E-state index is 0.0210. The number of imide groups is 1. The molecule has 1 aliphatic rings. The third kappa shape index (κ3) is 4.76. The Kier molecular flexibility index (Phi) is 6.46. The van der Waals surface area contributed by atoms with Crippen molar-refractivity contribution in [2.75, 3.05) is 11.9 Å². The number of hydrogen-bond donors (Lipinski definition) is 2. The fourth-order valence-corrected chi connectivity index (χ4v) is 4.83. The Hall–Kier alpha value is -1.85. The van der Waals surface area contributed by atoms with Gasteiger partial charge in [-0.3, -0.25) is 19.3 Å². The van der Waals surface area contributed by atoms with Gasteiger partial charge in [0, 0.05) is 15.7 Å². The van der Waals surface area contributed by atoms with Crippen LogP contribution in [0.15, 0.2) is 45.8 Å². The largest absolute Gasteiger partial charge is 0.506 e. The summed E-state index contributed by atoms with van der Waals surface area (Å²) in [5.74, 6) is -1.01. The molecule has 0 saturated carbocycles. The molecule has 1 heterocycles. The van der Waals surface area contributed by atoms with Crippen LogP contribution in [0.1, 0.15) is 11.1 Å². The van der Waals surface area contributed by atoms with Crippen molar-refractivity contribution < 1.29 is 19.5 Å². The Morgan fingerprint density at radius 3 is 2.64 bits per heavy atom. The summed E-state index contributed by atoms with van der Waals surface area (Å²) in [5.41, 5.74) is 2.06. The number of carbonyl (C=O) groups excluding carboxylic acids is 3. The standard InChI is InChI=1S/C19H14BrIN2O4S/c1-10-2-4-13(5-3-10)22-16(24)9-23-18(26)15(28-19(23)27)7-11-6-12(20)8-14(21)17(11)25/h2-8,25H,9H2,1H3,(H,22,24)/b15-7-. The maximum atomic E-state index is 12.6. The van der Waals surface area contributed by atoms with Gasteiger partial charge in [0.15, 0.2) is 0 Å². The van der Waals surface area contributed by atoms with Crippen LogP contribution in [0, 0.1) is 10.5 Å². The summed E-state index contributed by atoms with van der Waals surface area (Å²) in [4.78, 5) is 38.0. The molecule has 3 amide bonds. The molecule has 6 nitrogen and oxygen atoms in total. The molecule has 2 N–H and O–H groups in total. The highest BCUT2D eigenvalue weighted by Gasteiger charge is 2.36. The van der Waals surface area contributed by atoms with E-state index in [9.17, 15) is 19.5 Å². The predicted molar refractivity (Wildman–Crippen MR) is 121 cm³/mol. The lowest BCUT2D eigenvalue weighted by Gasteiger charge is -2.12. The second-order valence-electron chi connectivity index (χ2n) is 6.01. The summed E-state index contributed by atoms with van der Waals surface area (Å²) in [6.45, 7) is 1.56. The van der Waals surface area contributed by atoms with Gasteiger partial charge in [-0.05, 0) is 71.6 Å². The highest BCUT2D eigenvalue weighted by molar-refractivity contribution is 14.1. The van der Waals surface area contributed by atoms with E-state index in [1.165, 1.54) is 6.08 Å². The lowest BCUT2D eigenvalue weighted by atomic mass is 10.2. The SMILES string of the molecule is Cc1ccc(NC(=O)CN2C(=O)S/C(=C\c3cc(Br)cc(I)c3O)C2=O)cc1. The predicted octanol–water partition coefficient (Wildman–Crippen LogP) is 4.74. The lowest BCUT2D eigenvalue weighted by molar-refractivity contribution is -0.127. The number of nitrogens with zero attached hydrogens (tertiary/aromatic N) is 1. The van der Waals surface area contributed by atoms with Gasteiger partial charge in [0.2, 0.25) is 5.91 Å². The number of phenols is 1. The number of hydrogen-bond acceptors (Lipinski definition) is 5. The quantitative estimate of drug-likeness (QED) is 0.408. The Bertz CT molecular complexity index is 1010.